The highest BCUT2D eigenvalue weighted by molar-refractivity contribution is 6.07. The van der Waals surface area contributed by atoms with Crippen LogP contribution in [0.2, 0.25) is 0 Å². The highest BCUT2D eigenvalue weighted by atomic mass is 16.5. The molecule has 9 nitrogen and oxygen atoms in total. The Balaban J connectivity index is 1.39. The van der Waals surface area contributed by atoms with Gasteiger partial charge in [-0.2, -0.15) is 0 Å². The lowest BCUT2D eigenvalue weighted by Gasteiger charge is -2.42. The Morgan fingerprint density at radius 2 is 1.83 bits per heavy atom. The summed E-state index contributed by atoms with van der Waals surface area (Å²) in [5.41, 5.74) is 2.22. The fourth-order valence-corrected chi connectivity index (χ4v) is 5.18. The Labute approximate surface area is 212 Å². The number of aromatic nitrogens is 1. The fourth-order valence-electron chi connectivity index (χ4n) is 5.18. The standard InChI is InChI=1S/C27H35N5O4/c1-21(33)29-24-9-7-23(8-10-24)20-30-15-11-27(12-16-30)25(34)31(26(35)32(27)17-18-36-2)14-4-6-22-5-3-13-28-19-22/h3,5,7-10,13,19H,4,6,11-12,14-18,20H2,1-2H3,(H,29,33). The highest BCUT2D eigenvalue weighted by Crippen LogP contribution is 2.37. The van der Waals surface area contributed by atoms with E-state index in [0.717, 1.165) is 42.9 Å². The van der Waals surface area contributed by atoms with Gasteiger partial charge in [-0.3, -0.25) is 24.4 Å². The first-order valence-electron chi connectivity index (χ1n) is 12.5. The maximum absolute atomic E-state index is 13.7. The largest absolute Gasteiger partial charge is 0.383 e. The minimum absolute atomic E-state index is 0.0749. The van der Waals surface area contributed by atoms with Crippen LogP contribution in [0.1, 0.15) is 37.3 Å². The second-order valence-electron chi connectivity index (χ2n) is 9.53. The molecular formula is C27H35N5O4. The molecule has 1 spiro atoms. The van der Waals surface area contributed by atoms with E-state index in [1.165, 1.54) is 11.8 Å². The molecule has 0 bridgehead atoms. The van der Waals surface area contributed by atoms with Gasteiger partial charge in [-0.05, 0) is 55.0 Å². The summed E-state index contributed by atoms with van der Waals surface area (Å²) in [6.07, 6.45) is 6.24. The lowest BCUT2D eigenvalue weighted by atomic mass is 9.85. The van der Waals surface area contributed by atoms with E-state index in [4.69, 9.17) is 4.74 Å². The second kappa shape index (κ2) is 11.6. The minimum Gasteiger partial charge on any atom is -0.383 e. The predicted octanol–water partition coefficient (Wildman–Crippen LogP) is 2.92. The van der Waals surface area contributed by atoms with Crippen molar-refractivity contribution in [2.24, 2.45) is 0 Å². The number of urea groups is 1. The number of nitrogens with one attached hydrogen (secondary N) is 1. The molecule has 1 aromatic heterocycles. The monoisotopic (exact) mass is 493 g/mol. The summed E-state index contributed by atoms with van der Waals surface area (Å²) in [7, 11) is 1.61. The molecule has 4 amide bonds. The lowest BCUT2D eigenvalue weighted by molar-refractivity contribution is -0.136. The summed E-state index contributed by atoms with van der Waals surface area (Å²) < 4.78 is 5.26. The van der Waals surface area contributed by atoms with Crippen molar-refractivity contribution < 1.29 is 19.1 Å². The van der Waals surface area contributed by atoms with Crippen molar-refractivity contribution in [2.75, 3.05) is 45.2 Å². The summed E-state index contributed by atoms with van der Waals surface area (Å²) in [5.74, 6) is -0.168. The number of imide groups is 1. The van der Waals surface area contributed by atoms with Gasteiger partial charge in [0.15, 0.2) is 0 Å². The molecule has 0 saturated carbocycles. The number of anilines is 1. The number of ether oxygens (including phenoxy) is 1. The van der Waals surface area contributed by atoms with E-state index in [1.54, 1.807) is 18.2 Å². The molecule has 1 N–H and O–H groups in total. The van der Waals surface area contributed by atoms with Gasteiger partial charge in [0, 0.05) is 64.8 Å². The van der Waals surface area contributed by atoms with Crippen molar-refractivity contribution in [3.8, 4) is 0 Å². The maximum Gasteiger partial charge on any atom is 0.327 e. The van der Waals surface area contributed by atoms with E-state index in [1.807, 2.05) is 42.6 Å². The number of amides is 4. The first-order chi connectivity index (χ1) is 17.4. The third-order valence-corrected chi connectivity index (χ3v) is 7.07. The Bertz CT molecular complexity index is 1050. The Morgan fingerprint density at radius 3 is 2.47 bits per heavy atom. The fraction of sp³-hybridized carbons (Fsp3) is 0.481. The van der Waals surface area contributed by atoms with E-state index < -0.39 is 5.54 Å². The van der Waals surface area contributed by atoms with Crippen LogP contribution in [-0.2, 0) is 27.3 Å². The van der Waals surface area contributed by atoms with Crippen molar-refractivity contribution >= 4 is 23.5 Å². The molecule has 0 unspecified atom stereocenters. The van der Waals surface area contributed by atoms with Gasteiger partial charge < -0.3 is 15.0 Å². The molecule has 36 heavy (non-hydrogen) atoms. The SMILES string of the molecule is COCCN1C(=O)N(CCCc2cccnc2)C(=O)C12CCN(Cc1ccc(NC(C)=O)cc1)CC2. The number of piperidine rings is 1. The number of likely N-dealkylation sites (tertiary alicyclic amines) is 1. The molecule has 0 atom stereocenters. The number of rotatable bonds is 10. The number of carbonyl (C=O) groups is 3. The summed E-state index contributed by atoms with van der Waals surface area (Å²) in [5, 5.41) is 2.78. The predicted molar refractivity (Wildman–Crippen MR) is 136 cm³/mol. The van der Waals surface area contributed by atoms with Crippen LogP contribution in [0, 0.1) is 0 Å². The number of aryl methyl sites for hydroxylation is 1. The van der Waals surface area contributed by atoms with Crippen LogP contribution in [0.25, 0.3) is 0 Å². The molecule has 0 radical (unpaired) electrons. The van der Waals surface area contributed by atoms with Crippen molar-refractivity contribution in [2.45, 2.75) is 44.7 Å². The van der Waals surface area contributed by atoms with E-state index in [9.17, 15) is 14.4 Å². The molecule has 2 aliphatic rings. The molecular weight excluding hydrogens is 458 g/mol. The van der Waals surface area contributed by atoms with E-state index >= 15 is 0 Å². The van der Waals surface area contributed by atoms with Crippen LogP contribution in [0.4, 0.5) is 10.5 Å². The van der Waals surface area contributed by atoms with Crippen molar-refractivity contribution in [1.29, 1.82) is 0 Å². The van der Waals surface area contributed by atoms with Crippen LogP contribution < -0.4 is 5.32 Å². The zero-order valence-corrected chi connectivity index (χ0v) is 21.1. The summed E-state index contributed by atoms with van der Waals surface area (Å²) >= 11 is 0. The van der Waals surface area contributed by atoms with Crippen molar-refractivity contribution in [3.63, 3.8) is 0 Å². The number of pyridine rings is 1. The van der Waals surface area contributed by atoms with Crippen LogP contribution in [-0.4, -0.2) is 83.0 Å². The molecule has 3 heterocycles. The van der Waals surface area contributed by atoms with E-state index in [2.05, 4.69) is 15.2 Å². The summed E-state index contributed by atoms with van der Waals surface area (Å²) in [6.45, 7) is 4.90. The number of hydrogen-bond donors (Lipinski definition) is 1. The van der Waals surface area contributed by atoms with Crippen molar-refractivity contribution in [1.82, 2.24) is 19.7 Å². The van der Waals surface area contributed by atoms with Gasteiger partial charge in [-0.1, -0.05) is 18.2 Å². The zero-order valence-electron chi connectivity index (χ0n) is 21.1. The molecule has 2 fully saturated rings. The molecule has 2 aromatic rings. The maximum atomic E-state index is 13.7. The Kier molecular flexibility index (Phi) is 8.32. The molecule has 9 heteroatoms. The highest BCUT2D eigenvalue weighted by Gasteiger charge is 2.57. The molecule has 192 valence electrons. The minimum atomic E-state index is -0.796. The zero-order chi connectivity index (χ0) is 25.5. The van der Waals surface area contributed by atoms with Gasteiger partial charge in [0.1, 0.15) is 5.54 Å². The number of hydrogen-bond acceptors (Lipinski definition) is 6. The van der Waals surface area contributed by atoms with Gasteiger partial charge in [0.25, 0.3) is 5.91 Å². The van der Waals surface area contributed by atoms with E-state index in [0.29, 0.717) is 39.0 Å². The van der Waals surface area contributed by atoms with E-state index in [-0.39, 0.29) is 17.8 Å². The Morgan fingerprint density at radius 1 is 1.08 bits per heavy atom. The smallest absolute Gasteiger partial charge is 0.327 e. The average Bonchev–Trinajstić information content (AvgIpc) is 3.06. The van der Waals surface area contributed by atoms with Crippen LogP contribution in [0.5, 0.6) is 0 Å². The Hall–Kier alpha value is -3.30. The van der Waals surface area contributed by atoms with Gasteiger partial charge in [0.2, 0.25) is 5.91 Å². The number of nitrogens with zero attached hydrogens (tertiary/aromatic N) is 4. The average molecular weight is 494 g/mol. The normalized spacial score (nSPS) is 17.7. The molecule has 2 aliphatic heterocycles. The van der Waals surface area contributed by atoms with Gasteiger partial charge in [0.05, 0.1) is 6.61 Å². The van der Waals surface area contributed by atoms with Gasteiger partial charge in [-0.15, -0.1) is 0 Å². The van der Waals surface area contributed by atoms with Gasteiger partial charge >= 0.3 is 6.03 Å². The first-order valence-corrected chi connectivity index (χ1v) is 12.5. The third kappa shape index (κ3) is 5.74. The molecule has 1 aromatic carbocycles. The second-order valence-corrected chi connectivity index (χ2v) is 9.53. The van der Waals surface area contributed by atoms with Crippen LogP contribution in [0.3, 0.4) is 0 Å². The first kappa shape index (κ1) is 25.8. The van der Waals surface area contributed by atoms with Gasteiger partial charge in [-0.25, -0.2) is 4.79 Å². The summed E-state index contributed by atoms with van der Waals surface area (Å²) in [6, 6.07) is 11.5. The third-order valence-electron chi connectivity index (χ3n) is 7.07. The topological polar surface area (TPSA) is 95.1 Å². The lowest BCUT2D eigenvalue weighted by Crippen LogP contribution is -2.57. The van der Waals surface area contributed by atoms with Crippen LogP contribution >= 0.6 is 0 Å². The van der Waals surface area contributed by atoms with Crippen molar-refractivity contribution in [3.05, 3.63) is 59.9 Å². The quantitative estimate of drug-likeness (QED) is 0.512. The summed E-state index contributed by atoms with van der Waals surface area (Å²) in [4.78, 5) is 47.9. The van der Waals surface area contributed by atoms with Crippen LogP contribution in [0.15, 0.2) is 48.8 Å². The number of benzene rings is 1. The molecule has 4 rings (SSSR count). The number of methoxy groups -OCH3 is 1. The number of carbonyl (C=O) groups excluding carboxylic acids is 3. The molecule has 2 saturated heterocycles. The molecule has 0 aliphatic carbocycles.